The molecule has 1 aromatic heterocycles. The fourth-order valence-electron chi connectivity index (χ4n) is 2.90. The van der Waals surface area contributed by atoms with Crippen molar-refractivity contribution < 1.29 is 18.7 Å². The molecule has 0 saturated carbocycles. The summed E-state index contributed by atoms with van der Waals surface area (Å²) in [5.41, 5.74) is 6.11. The second kappa shape index (κ2) is 7.06. The Labute approximate surface area is 154 Å². The molecule has 0 fully saturated rings. The quantitative estimate of drug-likeness (QED) is 0.744. The lowest BCUT2D eigenvalue weighted by atomic mass is 10.2. The molecule has 2 heterocycles. The van der Waals surface area contributed by atoms with Gasteiger partial charge in [0.1, 0.15) is 12.4 Å². The van der Waals surface area contributed by atoms with Crippen molar-refractivity contribution in [1.29, 1.82) is 0 Å². The number of amides is 1. The highest BCUT2D eigenvalue weighted by Crippen LogP contribution is 2.35. The van der Waals surface area contributed by atoms with Gasteiger partial charge in [0.15, 0.2) is 29.3 Å². The summed E-state index contributed by atoms with van der Waals surface area (Å²) in [4.78, 5) is 15.7. The number of hydrogen-bond donors (Lipinski definition) is 1. The Morgan fingerprint density at radius 2 is 1.93 bits per heavy atom. The monoisotopic (exact) mass is 368 g/mol. The van der Waals surface area contributed by atoms with Crippen LogP contribution in [0, 0.1) is 5.82 Å². The van der Waals surface area contributed by atoms with Crippen LogP contribution in [0.5, 0.6) is 11.5 Å². The molecule has 138 valence electrons. The van der Waals surface area contributed by atoms with Crippen LogP contribution in [-0.2, 0) is 17.8 Å². The highest BCUT2D eigenvalue weighted by molar-refractivity contribution is 5.75. The van der Waals surface area contributed by atoms with Crippen LogP contribution in [0.2, 0.25) is 0 Å². The van der Waals surface area contributed by atoms with Gasteiger partial charge in [0, 0.05) is 0 Å². The highest BCUT2D eigenvalue weighted by atomic mass is 19.1. The van der Waals surface area contributed by atoms with Gasteiger partial charge in [0.2, 0.25) is 5.91 Å². The van der Waals surface area contributed by atoms with Crippen LogP contribution in [0.25, 0.3) is 0 Å². The Morgan fingerprint density at radius 1 is 1.19 bits per heavy atom. The lowest BCUT2D eigenvalue weighted by Gasteiger charge is -2.26. The van der Waals surface area contributed by atoms with E-state index in [1.807, 2.05) is 24.3 Å². The minimum atomic E-state index is -0.522. The number of primary amides is 1. The van der Waals surface area contributed by atoms with Crippen LogP contribution < -0.4 is 15.2 Å². The van der Waals surface area contributed by atoms with E-state index in [0.29, 0.717) is 29.7 Å². The Morgan fingerprint density at radius 3 is 2.67 bits per heavy atom. The Kier molecular flexibility index (Phi) is 4.45. The topological polar surface area (TPSA) is 92.3 Å². The standard InChI is InChI=1S/C19H17FN4O3/c20-13-7-5-12(6-8-13)10-24-19(22-18(23-24)9-17(21)25)16-11-26-14-3-1-2-4-15(14)27-16/h1-8,16H,9-11H2,(H2,21,25)/t16-/m1/s1. The van der Waals surface area contributed by atoms with Crippen molar-refractivity contribution >= 4 is 5.91 Å². The van der Waals surface area contributed by atoms with Crippen molar-refractivity contribution in [2.75, 3.05) is 6.61 Å². The van der Waals surface area contributed by atoms with E-state index < -0.39 is 12.0 Å². The van der Waals surface area contributed by atoms with E-state index in [1.54, 1.807) is 16.8 Å². The van der Waals surface area contributed by atoms with Crippen LogP contribution in [0.4, 0.5) is 4.39 Å². The van der Waals surface area contributed by atoms with Crippen LogP contribution >= 0.6 is 0 Å². The first kappa shape index (κ1) is 17.0. The lowest BCUT2D eigenvalue weighted by Crippen LogP contribution is -2.25. The minimum absolute atomic E-state index is 0.0758. The molecule has 1 aliphatic heterocycles. The fraction of sp³-hybridized carbons (Fsp3) is 0.211. The molecule has 0 radical (unpaired) electrons. The second-order valence-electron chi connectivity index (χ2n) is 6.18. The van der Waals surface area contributed by atoms with Gasteiger partial charge in [-0.25, -0.2) is 14.1 Å². The summed E-state index contributed by atoms with van der Waals surface area (Å²) >= 11 is 0. The molecule has 1 atom stereocenters. The van der Waals surface area contributed by atoms with Gasteiger partial charge in [-0.15, -0.1) is 0 Å². The number of benzene rings is 2. The number of nitrogens with zero attached hydrogens (tertiary/aromatic N) is 3. The second-order valence-corrected chi connectivity index (χ2v) is 6.18. The molecule has 27 heavy (non-hydrogen) atoms. The Hall–Kier alpha value is -3.42. The highest BCUT2D eigenvalue weighted by Gasteiger charge is 2.28. The molecule has 1 aliphatic rings. The maximum absolute atomic E-state index is 13.2. The fourth-order valence-corrected chi connectivity index (χ4v) is 2.90. The number of carbonyl (C=O) groups excluding carboxylic acids is 1. The van der Waals surface area contributed by atoms with Crippen molar-refractivity contribution in [2.45, 2.75) is 19.1 Å². The molecule has 2 aromatic carbocycles. The summed E-state index contributed by atoms with van der Waals surface area (Å²) < 4.78 is 26.6. The number of aromatic nitrogens is 3. The van der Waals surface area contributed by atoms with Crippen LogP contribution in [0.1, 0.15) is 23.3 Å². The van der Waals surface area contributed by atoms with E-state index in [9.17, 15) is 9.18 Å². The molecule has 7 nitrogen and oxygen atoms in total. The van der Waals surface area contributed by atoms with Crippen LogP contribution in [0.15, 0.2) is 48.5 Å². The van der Waals surface area contributed by atoms with Gasteiger partial charge < -0.3 is 15.2 Å². The van der Waals surface area contributed by atoms with Crippen molar-refractivity contribution in [3.05, 3.63) is 71.6 Å². The SMILES string of the molecule is NC(=O)Cc1nc([C@H]2COc3ccccc3O2)n(Cc2ccc(F)cc2)n1. The molecule has 3 aromatic rings. The molecule has 0 spiro atoms. The number of para-hydroxylation sites is 2. The predicted octanol–water partition coefficient (Wildman–Crippen LogP) is 2.01. The summed E-state index contributed by atoms with van der Waals surface area (Å²) in [5.74, 6) is 1.27. The zero-order valence-corrected chi connectivity index (χ0v) is 14.3. The van der Waals surface area contributed by atoms with E-state index >= 15 is 0 Å². The minimum Gasteiger partial charge on any atom is -0.485 e. The van der Waals surface area contributed by atoms with Gasteiger partial charge in [-0.05, 0) is 29.8 Å². The van der Waals surface area contributed by atoms with Gasteiger partial charge in [-0.1, -0.05) is 24.3 Å². The molecule has 0 saturated heterocycles. The summed E-state index contributed by atoms with van der Waals surface area (Å²) in [6.45, 7) is 0.609. The van der Waals surface area contributed by atoms with E-state index in [4.69, 9.17) is 15.2 Å². The third-order valence-corrected chi connectivity index (χ3v) is 4.12. The van der Waals surface area contributed by atoms with Gasteiger partial charge >= 0.3 is 0 Å². The molecule has 2 N–H and O–H groups in total. The molecule has 8 heteroatoms. The number of fused-ring (bicyclic) bond motifs is 1. The van der Waals surface area contributed by atoms with Gasteiger partial charge in [-0.2, -0.15) is 5.10 Å². The van der Waals surface area contributed by atoms with Crippen molar-refractivity contribution in [3.63, 3.8) is 0 Å². The predicted molar refractivity (Wildman–Crippen MR) is 93.7 cm³/mol. The lowest BCUT2D eigenvalue weighted by molar-refractivity contribution is -0.117. The number of carbonyl (C=O) groups is 1. The van der Waals surface area contributed by atoms with Crippen molar-refractivity contribution in [1.82, 2.24) is 14.8 Å². The molecule has 0 unspecified atom stereocenters. The zero-order chi connectivity index (χ0) is 18.8. The third-order valence-electron chi connectivity index (χ3n) is 4.12. The third kappa shape index (κ3) is 3.74. The van der Waals surface area contributed by atoms with Gasteiger partial charge in [0.05, 0.1) is 13.0 Å². The average Bonchev–Trinajstić information content (AvgIpc) is 3.04. The maximum Gasteiger partial charge on any atom is 0.225 e. The number of rotatable bonds is 5. The molecule has 4 rings (SSSR count). The molecular formula is C19H17FN4O3. The Balaban J connectivity index is 1.65. The van der Waals surface area contributed by atoms with Gasteiger partial charge in [-0.3, -0.25) is 4.79 Å². The number of ether oxygens (including phenoxy) is 2. The summed E-state index contributed by atoms with van der Waals surface area (Å²) in [5, 5.41) is 4.37. The number of nitrogens with two attached hydrogens (primary N) is 1. The van der Waals surface area contributed by atoms with E-state index in [1.165, 1.54) is 12.1 Å². The maximum atomic E-state index is 13.2. The first-order valence-electron chi connectivity index (χ1n) is 8.43. The van der Waals surface area contributed by atoms with Crippen molar-refractivity contribution in [3.8, 4) is 11.5 Å². The smallest absolute Gasteiger partial charge is 0.225 e. The first-order chi connectivity index (χ1) is 13.1. The van der Waals surface area contributed by atoms with E-state index in [-0.39, 0.29) is 18.8 Å². The molecular weight excluding hydrogens is 351 g/mol. The number of hydrogen-bond acceptors (Lipinski definition) is 5. The zero-order valence-electron chi connectivity index (χ0n) is 14.3. The first-order valence-corrected chi connectivity index (χ1v) is 8.43. The molecule has 0 bridgehead atoms. The van der Waals surface area contributed by atoms with Gasteiger partial charge in [0.25, 0.3) is 0 Å². The average molecular weight is 368 g/mol. The Bertz CT molecular complexity index is 971. The van der Waals surface area contributed by atoms with Crippen LogP contribution in [-0.4, -0.2) is 27.3 Å². The van der Waals surface area contributed by atoms with Crippen LogP contribution in [0.3, 0.4) is 0 Å². The number of halogens is 1. The van der Waals surface area contributed by atoms with E-state index in [0.717, 1.165) is 5.56 Å². The van der Waals surface area contributed by atoms with Crippen molar-refractivity contribution in [2.24, 2.45) is 5.73 Å². The summed E-state index contributed by atoms with van der Waals surface area (Å²) in [6.07, 6.45) is -0.567. The normalized spacial score (nSPS) is 15.5. The summed E-state index contributed by atoms with van der Waals surface area (Å²) in [6, 6.07) is 13.5. The molecule has 0 aliphatic carbocycles. The van der Waals surface area contributed by atoms with E-state index in [2.05, 4.69) is 10.1 Å². The molecule has 1 amide bonds. The summed E-state index contributed by atoms with van der Waals surface area (Å²) in [7, 11) is 0. The largest absolute Gasteiger partial charge is 0.485 e.